The number of aromatic nitrogens is 1. The van der Waals surface area contributed by atoms with Crippen LogP contribution in [-0.2, 0) is 15.3 Å². The van der Waals surface area contributed by atoms with E-state index in [0.29, 0.717) is 4.47 Å². The van der Waals surface area contributed by atoms with Gasteiger partial charge in [-0.05, 0) is 34.1 Å². The predicted molar refractivity (Wildman–Crippen MR) is 108 cm³/mol. The molecule has 2 aromatic rings. The molecule has 0 spiro atoms. The summed E-state index contributed by atoms with van der Waals surface area (Å²) in [6.45, 7) is 0. The predicted octanol–water partition coefficient (Wildman–Crippen LogP) is 3.71. The lowest BCUT2D eigenvalue weighted by molar-refractivity contribution is -0.139. The highest BCUT2D eigenvalue weighted by Crippen LogP contribution is 2.24. The second-order valence-corrected chi connectivity index (χ2v) is 7.98. The molecule has 1 atom stereocenters. The van der Waals surface area contributed by atoms with Gasteiger partial charge in [0.2, 0.25) is 0 Å². The molecule has 148 valence electrons. The fourth-order valence-electron chi connectivity index (χ4n) is 2.22. The number of nitrogens with zero attached hydrogens (tertiary/aromatic N) is 1. The monoisotopic (exact) mass is 488 g/mol. The summed E-state index contributed by atoms with van der Waals surface area (Å²) in [5.41, 5.74) is 0.448. The van der Waals surface area contributed by atoms with Gasteiger partial charge in [0.1, 0.15) is 5.82 Å². The van der Waals surface area contributed by atoms with Crippen molar-refractivity contribution < 1.29 is 23.9 Å². The van der Waals surface area contributed by atoms with E-state index in [1.165, 1.54) is 30.6 Å². The van der Waals surface area contributed by atoms with E-state index >= 15 is 0 Å². The van der Waals surface area contributed by atoms with Crippen molar-refractivity contribution in [3.8, 4) is 0 Å². The molecule has 0 radical (unpaired) electrons. The average molecular weight is 490 g/mol. The maximum absolute atomic E-state index is 13.8. The number of thioether (sulfide) groups is 1. The number of benzene rings is 1. The Morgan fingerprint density at radius 2 is 2.07 bits per heavy atom. The molecule has 0 saturated heterocycles. The highest BCUT2D eigenvalue weighted by Gasteiger charge is 2.24. The first kappa shape index (κ1) is 22.3. The molecule has 28 heavy (non-hydrogen) atoms. The number of Topliss-reactive ketones (excluding diaryl/α,β-unsaturated/α-hetero) is 1. The van der Waals surface area contributed by atoms with Crippen molar-refractivity contribution in [1.82, 2.24) is 10.3 Å². The Balaban J connectivity index is 2.00. The summed E-state index contributed by atoms with van der Waals surface area (Å²) in [5, 5.41) is 11.7. The van der Waals surface area contributed by atoms with Gasteiger partial charge in [-0.2, -0.15) is 0 Å². The van der Waals surface area contributed by atoms with Gasteiger partial charge in [-0.25, -0.2) is 4.39 Å². The molecule has 0 aliphatic heterocycles. The largest absolute Gasteiger partial charge is 0.481 e. The normalized spacial score (nSPS) is 11.7. The van der Waals surface area contributed by atoms with Crippen molar-refractivity contribution in [3.63, 3.8) is 0 Å². The summed E-state index contributed by atoms with van der Waals surface area (Å²) in [7, 11) is 0. The third-order valence-electron chi connectivity index (χ3n) is 3.59. The molecule has 1 heterocycles. The first-order valence-electron chi connectivity index (χ1n) is 7.94. The van der Waals surface area contributed by atoms with E-state index in [1.807, 2.05) is 0 Å². The molecule has 0 saturated carbocycles. The number of carbonyl (C=O) groups excluding carboxylic acids is 2. The summed E-state index contributed by atoms with van der Waals surface area (Å²) >= 11 is 10.2. The van der Waals surface area contributed by atoms with E-state index < -0.39 is 35.9 Å². The van der Waals surface area contributed by atoms with Crippen molar-refractivity contribution in [1.29, 1.82) is 0 Å². The van der Waals surface area contributed by atoms with Crippen LogP contribution in [0, 0.1) is 5.82 Å². The quantitative estimate of drug-likeness (QED) is 0.557. The number of nitrogens with one attached hydrogen (secondary N) is 1. The Kier molecular flexibility index (Phi) is 8.40. The number of carbonyl (C=O) groups is 3. The summed E-state index contributed by atoms with van der Waals surface area (Å²) < 4.78 is 14.3. The maximum Gasteiger partial charge on any atom is 0.305 e. The van der Waals surface area contributed by atoms with Crippen LogP contribution in [0.25, 0.3) is 0 Å². The molecule has 6 nitrogen and oxygen atoms in total. The van der Waals surface area contributed by atoms with Gasteiger partial charge in [0.25, 0.3) is 5.91 Å². The summed E-state index contributed by atoms with van der Waals surface area (Å²) in [6, 6.07) is 4.57. The third kappa shape index (κ3) is 6.57. The number of rotatable bonds is 9. The van der Waals surface area contributed by atoms with E-state index in [-0.39, 0.29) is 27.7 Å². The van der Waals surface area contributed by atoms with Crippen LogP contribution >= 0.6 is 39.3 Å². The second-order valence-electron chi connectivity index (χ2n) is 5.68. The van der Waals surface area contributed by atoms with E-state index in [9.17, 15) is 18.8 Å². The van der Waals surface area contributed by atoms with Crippen LogP contribution in [0.3, 0.4) is 0 Å². The highest BCUT2D eigenvalue weighted by atomic mass is 79.9. The van der Waals surface area contributed by atoms with Crippen molar-refractivity contribution in [2.24, 2.45) is 0 Å². The Labute approximate surface area is 178 Å². The van der Waals surface area contributed by atoms with Gasteiger partial charge in [0, 0.05) is 33.2 Å². The van der Waals surface area contributed by atoms with E-state index in [1.54, 1.807) is 6.07 Å². The molecule has 2 rings (SSSR count). The molecule has 0 unspecified atom stereocenters. The first-order chi connectivity index (χ1) is 13.3. The lowest BCUT2D eigenvalue weighted by Gasteiger charge is -2.16. The highest BCUT2D eigenvalue weighted by molar-refractivity contribution is 9.10. The number of hydrogen-bond donors (Lipinski definition) is 2. The van der Waals surface area contributed by atoms with Crippen LogP contribution < -0.4 is 5.32 Å². The Morgan fingerprint density at radius 3 is 2.71 bits per heavy atom. The molecule has 0 fully saturated rings. The van der Waals surface area contributed by atoms with Gasteiger partial charge in [0.15, 0.2) is 5.78 Å². The number of ketones is 1. The maximum atomic E-state index is 13.8. The van der Waals surface area contributed by atoms with Crippen LogP contribution in [-0.4, -0.2) is 39.5 Å². The number of carboxylic acid groups (broad SMARTS) is 1. The molecule has 0 bridgehead atoms. The van der Waals surface area contributed by atoms with Gasteiger partial charge in [-0.1, -0.05) is 17.7 Å². The van der Waals surface area contributed by atoms with Crippen LogP contribution in [0.4, 0.5) is 4.39 Å². The lowest BCUT2D eigenvalue weighted by Crippen LogP contribution is -2.43. The number of hydrogen-bond acceptors (Lipinski definition) is 5. The minimum Gasteiger partial charge on any atom is -0.481 e. The van der Waals surface area contributed by atoms with Crippen LogP contribution in [0.5, 0.6) is 0 Å². The van der Waals surface area contributed by atoms with Crippen molar-refractivity contribution in [2.75, 3.05) is 5.75 Å². The minimum atomic E-state index is -1.23. The summed E-state index contributed by atoms with van der Waals surface area (Å²) in [4.78, 5) is 39.6. The first-order valence-corrected chi connectivity index (χ1v) is 10.3. The molecule has 1 aromatic carbocycles. The topological polar surface area (TPSA) is 96.4 Å². The zero-order chi connectivity index (χ0) is 20.7. The smallest absolute Gasteiger partial charge is 0.305 e. The van der Waals surface area contributed by atoms with Crippen molar-refractivity contribution in [2.45, 2.75) is 18.2 Å². The minimum absolute atomic E-state index is 0.111. The molecule has 1 amide bonds. The molecule has 1 aromatic heterocycles. The van der Waals surface area contributed by atoms with Gasteiger partial charge >= 0.3 is 5.97 Å². The standard InChI is InChI=1S/C18H15BrClFN2O4S/c19-11-4-10(6-22-7-11)18(27)23-15(5-17(25)26)16(24)9-28-8-12-13(20)2-1-3-14(12)21/h1-4,6-7,15H,5,8-9H2,(H,23,27)(H,25,26)/t15-/m0/s1. The molecular formula is C18H15BrClFN2O4S. The zero-order valence-corrected chi connectivity index (χ0v) is 17.5. The SMILES string of the molecule is O=C(O)C[C@H](NC(=O)c1cncc(Br)c1)C(=O)CSCc1c(F)cccc1Cl. The molecule has 0 aliphatic rings. The summed E-state index contributed by atoms with van der Waals surface area (Å²) in [6.07, 6.45) is 2.23. The number of pyridine rings is 1. The molecule has 0 aliphatic carbocycles. The lowest BCUT2D eigenvalue weighted by atomic mass is 10.1. The Bertz CT molecular complexity index is 879. The number of halogens is 3. The Hall–Kier alpha value is -1.97. The summed E-state index contributed by atoms with van der Waals surface area (Å²) in [5.74, 6) is -2.79. The fourth-order valence-corrected chi connectivity index (χ4v) is 3.90. The van der Waals surface area contributed by atoms with Gasteiger partial charge < -0.3 is 10.4 Å². The van der Waals surface area contributed by atoms with E-state index in [4.69, 9.17) is 16.7 Å². The average Bonchev–Trinajstić information content (AvgIpc) is 2.63. The fraction of sp³-hybridized carbons (Fsp3) is 0.222. The van der Waals surface area contributed by atoms with Crippen molar-refractivity contribution in [3.05, 3.63) is 63.1 Å². The third-order valence-corrected chi connectivity index (χ3v) is 5.36. The second kappa shape index (κ2) is 10.5. The van der Waals surface area contributed by atoms with Crippen LogP contribution in [0.2, 0.25) is 5.02 Å². The Morgan fingerprint density at radius 1 is 1.32 bits per heavy atom. The van der Waals surface area contributed by atoms with Crippen molar-refractivity contribution >= 4 is 57.0 Å². The number of carboxylic acids is 1. The zero-order valence-electron chi connectivity index (χ0n) is 14.3. The van der Waals surface area contributed by atoms with Crippen LogP contribution in [0.15, 0.2) is 41.1 Å². The van der Waals surface area contributed by atoms with Gasteiger partial charge in [-0.3, -0.25) is 19.4 Å². The number of amides is 1. The van der Waals surface area contributed by atoms with Crippen LogP contribution in [0.1, 0.15) is 22.3 Å². The van der Waals surface area contributed by atoms with Gasteiger partial charge in [-0.15, -0.1) is 11.8 Å². The molecule has 2 N–H and O–H groups in total. The van der Waals surface area contributed by atoms with E-state index in [0.717, 1.165) is 11.8 Å². The molecule has 10 heteroatoms. The molecular weight excluding hydrogens is 475 g/mol. The van der Waals surface area contributed by atoms with E-state index in [2.05, 4.69) is 26.2 Å². The number of aliphatic carboxylic acids is 1. The van der Waals surface area contributed by atoms with Gasteiger partial charge in [0.05, 0.1) is 23.8 Å².